The number of fused-ring (bicyclic) bond motifs is 1. The summed E-state index contributed by atoms with van der Waals surface area (Å²) in [5.74, 6) is 0.484. The normalized spacial score (nSPS) is 14.4. The van der Waals surface area contributed by atoms with Gasteiger partial charge in [0.2, 0.25) is 11.8 Å². The first-order valence-corrected chi connectivity index (χ1v) is 6.28. The van der Waals surface area contributed by atoms with Crippen molar-refractivity contribution in [3.05, 3.63) is 6.33 Å². The predicted octanol–water partition coefficient (Wildman–Crippen LogP) is 0.375. The highest BCUT2D eigenvalue weighted by Crippen LogP contribution is 2.25. The second-order valence-electron chi connectivity index (χ2n) is 4.54. The van der Waals surface area contributed by atoms with Crippen LogP contribution in [-0.4, -0.2) is 51.6 Å². The number of rotatable bonds is 6. The van der Waals surface area contributed by atoms with Crippen molar-refractivity contribution in [3.8, 4) is 5.88 Å². The minimum atomic E-state index is -0.233. The summed E-state index contributed by atoms with van der Waals surface area (Å²) in [7, 11) is 3.08. The largest absolute Gasteiger partial charge is 0.479 e. The molecular weight excluding hydrogens is 262 g/mol. The van der Waals surface area contributed by atoms with Gasteiger partial charge in [0, 0.05) is 13.2 Å². The van der Waals surface area contributed by atoms with Crippen molar-refractivity contribution in [1.82, 2.24) is 19.5 Å². The zero-order valence-electron chi connectivity index (χ0n) is 11.8. The minimum absolute atomic E-state index is 0.0338. The van der Waals surface area contributed by atoms with Gasteiger partial charge in [-0.2, -0.15) is 9.97 Å². The Morgan fingerprint density at radius 3 is 2.75 bits per heavy atom. The predicted molar refractivity (Wildman–Crippen MR) is 73.5 cm³/mol. The molecule has 8 heteroatoms. The average Bonchev–Trinajstić information content (AvgIpc) is 2.87. The lowest BCUT2D eigenvalue weighted by Gasteiger charge is -2.19. The summed E-state index contributed by atoms with van der Waals surface area (Å²) in [5, 5.41) is 9.20. The molecule has 0 fully saturated rings. The van der Waals surface area contributed by atoms with Gasteiger partial charge in [-0.15, -0.1) is 0 Å². The molecule has 0 amide bonds. The number of aliphatic hydroxyl groups excluding tert-OH is 1. The van der Waals surface area contributed by atoms with Gasteiger partial charge in [-0.25, -0.2) is 4.98 Å². The van der Waals surface area contributed by atoms with Crippen molar-refractivity contribution in [2.45, 2.75) is 25.5 Å². The van der Waals surface area contributed by atoms with Crippen LogP contribution in [0.15, 0.2) is 6.33 Å². The highest BCUT2D eigenvalue weighted by molar-refractivity contribution is 5.77. The molecule has 20 heavy (non-hydrogen) atoms. The standard InChI is InChI=1S/C12H19N5O3/c1-7(4-8(5-18)19-2)17-6-14-9-10(17)15-12(13)16-11(9)20-3/h6-8,18H,4-5H2,1-3H3,(H2,13,15,16). The maximum atomic E-state index is 9.20. The summed E-state index contributed by atoms with van der Waals surface area (Å²) in [6.07, 6.45) is 2.06. The monoisotopic (exact) mass is 281 g/mol. The van der Waals surface area contributed by atoms with Crippen LogP contribution in [0.25, 0.3) is 11.2 Å². The minimum Gasteiger partial charge on any atom is -0.479 e. The van der Waals surface area contributed by atoms with E-state index in [-0.39, 0.29) is 24.7 Å². The number of imidazole rings is 1. The highest BCUT2D eigenvalue weighted by Gasteiger charge is 2.18. The van der Waals surface area contributed by atoms with E-state index in [1.54, 1.807) is 13.4 Å². The molecule has 0 bridgehead atoms. The number of anilines is 1. The van der Waals surface area contributed by atoms with Gasteiger partial charge >= 0.3 is 0 Å². The smallest absolute Gasteiger partial charge is 0.246 e. The van der Waals surface area contributed by atoms with Crippen molar-refractivity contribution >= 4 is 17.1 Å². The lowest BCUT2D eigenvalue weighted by atomic mass is 10.1. The molecule has 2 aromatic heterocycles. The van der Waals surface area contributed by atoms with Crippen LogP contribution in [0, 0.1) is 0 Å². The molecule has 0 radical (unpaired) electrons. The quantitative estimate of drug-likeness (QED) is 0.787. The fourth-order valence-corrected chi connectivity index (χ4v) is 2.11. The van der Waals surface area contributed by atoms with Crippen molar-refractivity contribution in [2.75, 3.05) is 26.6 Å². The number of nitrogen functional groups attached to an aromatic ring is 1. The topological polar surface area (TPSA) is 108 Å². The zero-order chi connectivity index (χ0) is 14.7. The number of nitrogens with two attached hydrogens (primary N) is 1. The molecule has 0 aliphatic rings. The van der Waals surface area contributed by atoms with E-state index < -0.39 is 0 Å². The molecule has 0 saturated carbocycles. The Kier molecular flexibility index (Phi) is 4.35. The SMILES string of the molecule is COc1nc(N)nc2c1ncn2C(C)CC(CO)OC. The van der Waals surface area contributed by atoms with Gasteiger partial charge in [-0.3, -0.25) is 0 Å². The number of hydrogen-bond acceptors (Lipinski definition) is 7. The summed E-state index contributed by atoms with van der Waals surface area (Å²) >= 11 is 0. The zero-order valence-corrected chi connectivity index (χ0v) is 11.8. The van der Waals surface area contributed by atoms with Crippen LogP contribution in [-0.2, 0) is 4.74 Å². The van der Waals surface area contributed by atoms with Crippen molar-refractivity contribution < 1.29 is 14.6 Å². The lowest BCUT2D eigenvalue weighted by Crippen LogP contribution is -2.20. The Labute approximate surface area is 116 Å². The summed E-state index contributed by atoms with van der Waals surface area (Å²) in [6.45, 7) is 1.96. The summed E-state index contributed by atoms with van der Waals surface area (Å²) in [6, 6.07) is 0.0381. The summed E-state index contributed by atoms with van der Waals surface area (Å²) in [4.78, 5) is 12.5. The molecule has 0 aromatic carbocycles. The number of nitrogens with zero attached hydrogens (tertiary/aromatic N) is 4. The van der Waals surface area contributed by atoms with E-state index in [4.69, 9.17) is 15.2 Å². The first-order chi connectivity index (χ1) is 9.60. The summed E-state index contributed by atoms with van der Waals surface area (Å²) in [5.41, 5.74) is 6.84. The van der Waals surface area contributed by atoms with Crippen molar-refractivity contribution in [3.63, 3.8) is 0 Å². The Bertz CT molecular complexity index is 582. The molecule has 110 valence electrons. The average molecular weight is 281 g/mol. The number of aliphatic hydroxyl groups is 1. The molecule has 3 N–H and O–H groups in total. The molecule has 8 nitrogen and oxygen atoms in total. The Hall–Kier alpha value is -1.93. The maximum absolute atomic E-state index is 9.20. The van der Waals surface area contributed by atoms with Gasteiger partial charge in [0.05, 0.1) is 26.1 Å². The van der Waals surface area contributed by atoms with E-state index in [0.29, 0.717) is 23.5 Å². The Balaban J connectivity index is 2.37. The van der Waals surface area contributed by atoms with E-state index in [2.05, 4.69) is 15.0 Å². The molecule has 0 aliphatic heterocycles. The van der Waals surface area contributed by atoms with E-state index >= 15 is 0 Å². The van der Waals surface area contributed by atoms with Crippen molar-refractivity contribution in [1.29, 1.82) is 0 Å². The lowest BCUT2D eigenvalue weighted by molar-refractivity contribution is 0.0348. The van der Waals surface area contributed by atoms with E-state index in [9.17, 15) is 5.11 Å². The Morgan fingerprint density at radius 1 is 1.40 bits per heavy atom. The first-order valence-electron chi connectivity index (χ1n) is 6.28. The van der Waals surface area contributed by atoms with Crippen LogP contribution in [0.2, 0.25) is 0 Å². The van der Waals surface area contributed by atoms with Gasteiger partial charge in [0.15, 0.2) is 11.2 Å². The van der Waals surface area contributed by atoms with Gasteiger partial charge in [0.1, 0.15) is 0 Å². The molecule has 0 spiro atoms. The third-order valence-corrected chi connectivity index (χ3v) is 3.22. The number of aromatic nitrogens is 4. The van der Waals surface area contributed by atoms with E-state index in [1.165, 1.54) is 7.11 Å². The van der Waals surface area contributed by atoms with Gasteiger partial charge in [-0.05, 0) is 13.3 Å². The van der Waals surface area contributed by atoms with Gasteiger partial charge in [-0.1, -0.05) is 0 Å². The highest BCUT2D eigenvalue weighted by atomic mass is 16.5. The van der Waals surface area contributed by atoms with Crippen LogP contribution in [0.5, 0.6) is 5.88 Å². The van der Waals surface area contributed by atoms with Crippen LogP contribution < -0.4 is 10.5 Å². The summed E-state index contributed by atoms with van der Waals surface area (Å²) < 4.78 is 12.2. The molecule has 2 unspecified atom stereocenters. The molecule has 0 saturated heterocycles. The maximum Gasteiger partial charge on any atom is 0.246 e. The van der Waals surface area contributed by atoms with Crippen LogP contribution in [0.3, 0.4) is 0 Å². The molecule has 2 heterocycles. The van der Waals surface area contributed by atoms with Crippen LogP contribution >= 0.6 is 0 Å². The second-order valence-corrected chi connectivity index (χ2v) is 4.54. The fraction of sp³-hybridized carbons (Fsp3) is 0.583. The molecular formula is C12H19N5O3. The number of ether oxygens (including phenoxy) is 2. The molecule has 0 aliphatic carbocycles. The number of hydrogen-bond donors (Lipinski definition) is 2. The van der Waals surface area contributed by atoms with Crippen LogP contribution in [0.4, 0.5) is 5.95 Å². The first kappa shape index (κ1) is 14.5. The molecule has 2 atom stereocenters. The third-order valence-electron chi connectivity index (χ3n) is 3.22. The van der Waals surface area contributed by atoms with E-state index in [1.807, 2.05) is 11.5 Å². The Morgan fingerprint density at radius 2 is 2.15 bits per heavy atom. The van der Waals surface area contributed by atoms with E-state index in [0.717, 1.165) is 0 Å². The number of methoxy groups -OCH3 is 2. The molecule has 2 aromatic rings. The molecule has 2 rings (SSSR count). The van der Waals surface area contributed by atoms with Gasteiger partial charge in [0.25, 0.3) is 0 Å². The fourth-order valence-electron chi connectivity index (χ4n) is 2.11. The van der Waals surface area contributed by atoms with Crippen LogP contribution in [0.1, 0.15) is 19.4 Å². The van der Waals surface area contributed by atoms with Crippen molar-refractivity contribution in [2.24, 2.45) is 0 Å². The van der Waals surface area contributed by atoms with Gasteiger partial charge < -0.3 is 24.9 Å². The third kappa shape index (κ3) is 2.66. The second kappa shape index (κ2) is 6.02.